The van der Waals surface area contributed by atoms with Crippen molar-refractivity contribution in [1.29, 1.82) is 0 Å². The zero-order valence-electron chi connectivity index (χ0n) is 9.24. The van der Waals surface area contributed by atoms with E-state index in [1.165, 1.54) is 12.8 Å². The molecule has 0 aromatic heterocycles. The Kier molecular flexibility index (Phi) is 2.96. The summed E-state index contributed by atoms with van der Waals surface area (Å²) in [6.45, 7) is 2.03. The lowest BCUT2D eigenvalue weighted by molar-refractivity contribution is 0.112. The first kappa shape index (κ1) is 10.5. The fourth-order valence-corrected chi connectivity index (χ4v) is 2.48. The second-order valence-electron chi connectivity index (χ2n) is 4.62. The summed E-state index contributed by atoms with van der Waals surface area (Å²) in [7, 11) is 0. The number of anilines is 1. The smallest absolute Gasteiger partial charge is 0.0838 e. The number of aryl methyl sites for hydroxylation is 1. The monoisotopic (exact) mass is 205 g/mol. The number of nitrogens with two attached hydrogens (primary N) is 1. The largest absolute Gasteiger partial charge is 0.398 e. The van der Waals surface area contributed by atoms with E-state index >= 15 is 0 Å². The van der Waals surface area contributed by atoms with Gasteiger partial charge in [0.15, 0.2) is 0 Å². The molecular formula is C13H19NO. The number of benzene rings is 1. The van der Waals surface area contributed by atoms with Crippen LogP contribution in [-0.4, -0.2) is 5.11 Å². The van der Waals surface area contributed by atoms with Crippen LogP contribution in [0.15, 0.2) is 18.2 Å². The number of hydrogen-bond acceptors (Lipinski definition) is 2. The molecule has 1 fully saturated rings. The molecular weight excluding hydrogens is 186 g/mol. The van der Waals surface area contributed by atoms with Crippen LogP contribution in [0.4, 0.5) is 5.69 Å². The SMILES string of the molecule is Cc1ccc(N)c(C(O)C2CCCC2)c1. The summed E-state index contributed by atoms with van der Waals surface area (Å²) in [6, 6.07) is 5.89. The van der Waals surface area contributed by atoms with Crippen LogP contribution in [0, 0.1) is 12.8 Å². The molecule has 2 rings (SSSR count). The second-order valence-corrected chi connectivity index (χ2v) is 4.62. The Hall–Kier alpha value is -1.02. The maximum atomic E-state index is 10.2. The molecule has 0 amide bonds. The van der Waals surface area contributed by atoms with Crippen molar-refractivity contribution in [2.75, 3.05) is 5.73 Å². The molecule has 1 aromatic rings. The first-order valence-corrected chi connectivity index (χ1v) is 5.72. The van der Waals surface area contributed by atoms with Crippen molar-refractivity contribution < 1.29 is 5.11 Å². The van der Waals surface area contributed by atoms with Crippen LogP contribution in [0.1, 0.15) is 42.9 Å². The Morgan fingerprint density at radius 1 is 1.33 bits per heavy atom. The highest BCUT2D eigenvalue weighted by atomic mass is 16.3. The summed E-state index contributed by atoms with van der Waals surface area (Å²) in [5.41, 5.74) is 8.70. The molecule has 15 heavy (non-hydrogen) atoms. The maximum absolute atomic E-state index is 10.2. The molecule has 1 aliphatic rings. The van der Waals surface area contributed by atoms with Gasteiger partial charge < -0.3 is 10.8 Å². The third-order valence-electron chi connectivity index (χ3n) is 3.41. The van der Waals surface area contributed by atoms with E-state index in [-0.39, 0.29) is 6.10 Å². The van der Waals surface area contributed by atoms with E-state index in [0.717, 1.165) is 29.7 Å². The van der Waals surface area contributed by atoms with E-state index in [4.69, 9.17) is 5.73 Å². The number of nitrogen functional groups attached to an aromatic ring is 1. The molecule has 1 saturated carbocycles. The Morgan fingerprint density at radius 3 is 2.67 bits per heavy atom. The highest BCUT2D eigenvalue weighted by molar-refractivity contribution is 5.49. The first-order valence-electron chi connectivity index (χ1n) is 5.72. The van der Waals surface area contributed by atoms with Crippen molar-refractivity contribution in [1.82, 2.24) is 0 Å². The van der Waals surface area contributed by atoms with Gasteiger partial charge in [-0.05, 0) is 31.7 Å². The highest BCUT2D eigenvalue weighted by Gasteiger charge is 2.25. The van der Waals surface area contributed by atoms with Crippen molar-refractivity contribution in [3.8, 4) is 0 Å². The van der Waals surface area contributed by atoms with Gasteiger partial charge in [0.1, 0.15) is 0 Å². The fraction of sp³-hybridized carbons (Fsp3) is 0.538. The van der Waals surface area contributed by atoms with E-state index in [1.807, 2.05) is 25.1 Å². The van der Waals surface area contributed by atoms with Crippen LogP contribution >= 0.6 is 0 Å². The van der Waals surface area contributed by atoms with Crippen molar-refractivity contribution >= 4 is 5.69 Å². The molecule has 1 aliphatic carbocycles. The molecule has 1 aromatic carbocycles. The van der Waals surface area contributed by atoms with Gasteiger partial charge in [-0.15, -0.1) is 0 Å². The Morgan fingerprint density at radius 2 is 2.00 bits per heavy atom. The minimum absolute atomic E-state index is 0.368. The van der Waals surface area contributed by atoms with Crippen molar-refractivity contribution in [3.05, 3.63) is 29.3 Å². The molecule has 82 valence electrons. The molecule has 2 heteroatoms. The van der Waals surface area contributed by atoms with Crippen LogP contribution < -0.4 is 5.73 Å². The lowest BCUT2D eigenvalue weighted by Gasteiger charge is -2.20. The first-order chi connectivity index (χ1) is 7.18. The molecule has 0 radical (unpaired) electrons. The van der Waals surface area contributed by atoms with Gasteiger partial charge >= 0.3 is 0 Å². The minimum atomic E-state index is -0.368. The normalized spacial score (nSPS) is 19.3. The van der Waals surface area contributed by atoms with E-state index in [0.29, 0.717) is 5.92 Å². The van der Waals surface area contributed by atoms with Gasteiger partial charge in [-0.25, -0.2) is 0 Å². The second kappa shape index (κ2) is 4.23. The molecule has 0 bridgehead atoms. The van der Waals surface area contributed by atoms with E-state index < -0.39 is 0 Å². The molecule has 0 aliphatic heterocycles. The standard InChI is InChI=1S/C13H19NO/c1-9-6-7-12(14)11(8-9)13(15)10-4-2-3-5-10/h6-8,10,13,15H,2-5,14H2,1H3. The quantitative estimate of drug-likeness (QED) is 0.729. The predicted octanol–water partition coefficient (Wildman–Crippen LogP) is 2.80. The van der Waals surface area contributed by atoms with Crippen LogP contribution in [0.5, 0.6) is 0 Å². The topological polar surface area (TPSA) is 46.2 Å². The van der Waals surface area contributed by atoms with Crippen LogP contribution in [0.25, 0.3) is 0 Å². The summed E-state index contributed by atoms with van der Waals surface area (Å²) in [5.74, 6) is 0.411. The van der Waals surface area contributed by atoms with Crippen LogP contribution in [0.3, 0.4) is 0 Å². The third-order valence-corrected chi connectivity index (χ3v) is 3.41. The van der Waals surface area contributed by atoms with Crippen molar-refractivity contribution in [2.45, 2.75) is 38.7 Å². The minimum Gasteiger partial charge on any atom is -0.398 e. The summed E-state index contributed by atoms with van der Waals surface area (Å²) in [5, 5.41) is 10.2. The summed E-state index contributed by atoms with van der Waals surface area (Å²) < 4.78 is 0. The maximum Gasteiger partial charge on any atom is 0.0838 e. The number of rotatable bonds is 2. The van der Waals surface area contributed by atoms with Gasteiger partial charge in [0, 0.05) is 11.3 Å². The number of aliphatic hydroxyl groups excluding tert-OH is 1. The predicted molar refractivity (Wildman–Crippen MR) is 62.5 cm³/mol. The van der Waals surface area contributed by atoms with Crippen LogP contribution in [0.2, 0.25) is 0 Å². The molecule has 1 unspecified atom stereocenters. The molecule has 0 spiro atoms. The number of aliphatic hydroxyl groups is 1. The van der Waals surface area contributed by atoms with Gasteiger partial charge in [0.2, 0.25) is 0 Å². The summed E-state index contributed by atoms with van der Waals surface area (Å²) in [6.07, 6.45) is 4.39. The lowest BCUT2D eigenvalue weighted by Crippen LogP contribution is -2.11. The van der Waals surface area contributed by atoms with E-state index in [2.05, 4.69) is 0 Å². The molecule has 2 nitrogen and oxygen atoms in total. The Balaban J connectivity index is 2.23. The molecule has 1 atom stereocenters. The molecule has 3 N–H and O–H groups in total. The average molecular weight is 205 g/mol. The zero-order chi connectivity index (χ0) is 10.8. The Bertz CT molecular complexity index is 342. The van der Waals surface area contributed by atoms with Gasteiger partial charge in [-0.1, -0.05) is 30.5 Å². The highest BCUT2D eigenvalue weighted by Crippen LogP contribution is 2.37. The van der Waals surface area contributed by atoms with Crippen LogP contribution in [-0.2, 0) is 0 Å². The van der Waals surface area contributed by atoms with Crippen molar-refractivity contribution in [3.63, 3.8) is 0 Å². The van der Waals surface area contributed by atoms with Gasteiger partial charge in [0.05, 0.1) is 6.10 Å². The molecule has 0 saturated heterocycles. The fourth-order valence-electron chi connectivity index (χ4n) is 2.48. The summed E-state index contributed by atoms with van der Waals surface area (Å²) in [4.78, 5) is 0. The van der Waals surface area contributed by atoms with Gasteiger partial charge in [-0.3, -0.25) is 0 Å². The Labute approximate surface area is 91.1 Å². The number of hydrogen-bond donors (Lipinski definition) is 2. The van der Waals surface area contributed by atoms with E-state index in [9.17, 15) is 5.11 Å². The lowest BCUT2D eigenvalue weighted by atomic mass is 9.92. The van der Waals surface area contributed by atoms with Crippen molar-refractivity contribution in [2.24, 2.45) is 5.92 Å². The zero-order valence-corrected chi connectivity index (χ0v) is 9.24. The third kappa shape index (κ3) is 2.15. The van der Waals surface area contributed by atoms with E-state index in [1.54, 1.807) is 0 Å². The van der Waals surface area contributed by atoms with Gasteiger partial charge in [-0.2, -0.15) is 0 Å². The van der Waals surface area contributed by atoms with Gasteiger partial charge in [0.25, 0.3) is 0 Å². The molecule has 0 heterocycles. The summed E-state index contributed by atoms with van der Waals surface area (Å²) >= 11 is 0. The average Bonchev–Trinajstić information content (AvgIpc) is 2.74.